The van der Waals surface area contributed by atoms with Crippen LogP contribution in [-0.4, -0.2) is 67.4 Å². The number of rotatable bonds is 6. The second-order valence-corrected chi connectivity index (χ2v) is 10.9. The molecule has 0 saturated carbocycles. The van der Waals surface area contributed by atoms with Crippen molar-refractivity contribution in [1.82, 2.24) is 4.90 Å². The molecule has 8 nitrogen and oxygen atoms in total. The second kappa shape index (κ2) is 10.2. The molecule has 0 spiro atoms. The van der Waals surface area contributed by atoms with Crippen LogP contribution in [0.25, 0.3) is 0 Å². The number of benzene rings is 2. The summed E-state index contributed by atoms with van der Waals surface area (Å²) in [6.45, 7) is 2.68. The van der Waals surface area contributed by atoms with Crippen LogP contribution >= 0.6 is 27.7 Å². The number of amides is 2. The fourth-order valence-corrected chi connectivity index (χ4v) is 6.74. The summed E-state index contributed by atoms with van der Waals surface area (Å²) >= 11 is 5.03. The van der Waals surface area contributed by atoms with Crippen LogP contribution in [0.1, 0.15) is 18.4 Å². The Balaban J connectivity index is 1.17. The van der Waals surface area contributed by atoms with Crippen LogP contribution in [0, 0.1) is 0 Å². The van der Waals surface area contributed by atoms with Crippen LogP contribution in [0.3, 0.4) is 0 Å². The lowest BCUT2D eigenvalue weighted by atomic mass is 10.0. The number of ether oxygens (including phenoxy) is 2. The Hall–Kier alpha value is -2.56. The zero-order chi connectivity index (χ0) is 24.4. The van der Waals surface area contributed by atoms with E-state index in [0.717, 1.165) is 28.8 Å². The molecule has 0 radical (unpaired) electrons. The largest absolute Gasteiger partial charge is 0.454 e. The van der Waals surface area contributed by atoms with E-state index in [1.165, 1.54) is 0 Å². The van der Waals surface area contributed by atoms with Crippen molar-refractivity contribution in [3.8, 4) is 0 Å². The van der Waals surface area contributed by atoms with Gasteiger partial charge < -0.3 is 24.6 Å². The molecular weight excluding hydrogens is 534 g/mol. The molecule has 184 valence electrons. The van der Waals surface area contributed by atoms with E-state index in [4.69, 9.17) is 9.47 Å². The van der Waals surface area contributed by atoms with E-state index in [9.17, 15) is 14.4 Å². The van der Waals surface area contributed by atoms with Crippen molar-refractivity contribution in [3.63, 3.8) is 0 Å². The minimum Gasteiger partial charge on any atom is -0.454 e. The number of esters is 1. The first-order chi connectivity index (χ1) is 17.0. The molecule has 2 atom stereocenters. The van der Waals surface area contributed by atoms with Crippen LogP contribution in [0.4, 0.5) is 11.4 Å². The van der Waals surface area contributed by atoms with Gasteiger partial charge in [0.1, 0.15) is 10.9 Å². The molecule has 3 heterocycles. The number of carbonyl (C=O) groups is 3. The Labute approximate surface area is 216 Å². The molecular formula is C25H26BrN3O5S. The van der Waals surface area contributed by atoms with E-state index in [0.29, 0.717) is 37.5 Å². The summed E-state index contributed by atoms with van der Waals surface area (Å²) < 4.78 is 11.7. The second-order valence-electron chi connectivity index (χ2n) is 8.68. The van der Waals surface area contributed by atoms with Gasteiger partial charge in [-0.1, -0.05) is 28.1 Å². The van der Waals surface area contributed by atoms with Crippen LogP contribution in [0.5, 0.6) is 0 Å². The number of hydrogen-bond acceptors (Lipinski definition) is 7. The van der Waals surface area contributed by atoms with Crippen molar-refractivity contribution in [2.75, 3.05) is 48.9 Å². The first-order valence-corrected chi connectivity index (χ1v) is 13.4. The average Bonchev–Trinajstić information content (AvgIpc) is 3.43. The molecule has 2 aromatic carbocycles. The number of carbonyl (C=O) groups excluding carboxylic acids is 3. The standard InChI is InChI=1S/C25H26BrN3O5S/c26-18-3-1-17(2-4-18)25-10-9-23(31)29(25)21(16-35-25)24(32)34-15-22(30)27-19-5-7-20(8-6-19)28-11-13-33-14-12-28/h1-8,21H,9-16H2,(H,27,30)/t21-,25+/m1/s1. The number of nitrogens with zero attached hydrogens (tertiary/aromatic N) is 2. The van der Waals surface area contributed by atoms with E-state index in [2.05, 4.69) is 26.1 Å². The predicted octanol–water partition coefficient (Wildman–Crippen LogP) is 3.36. The molecule has 10 heteroatoms. The summed E-state index contributed by atoms with van der Waals surface area (Å²) in [5.74, 6) is -0.602. The zero-order valence-corrected chi connectivity index (χ0v) is 21.5. The van der Waals surface area contributed by atoms with Gasteiger partial charge in [-0.3, -0.25) is 9.59 Å². The Kier molecular flexibility index (Phi) is 7.04. The van der Waals surface area contributed by atoms with E-state index in [-0.39, 0.29) is 5.91 Å². The number of halogens is 1. The van der Waals surface area contributed by atoms with Crippen molar-refractivity contribution in [1.29, 1.82) is 0 Å². The molecule has 2 amide bonds. The lowest BCUT2D eigenvalue weighted by Crippen LogP contribution is -2.47. The van der Waals surface area contributed by atoms with E-state index < -0.39 is 29.4 Å². The Morgan fingerprint density at radius 3 is 2.54 bits per heavy atom. The summed E-state index contributed by atoms with van der Waals surface area (Å²) in [5, 5.41) is 2.76. The highest BCUT2D eigenvalue weighted by atomic mass is 79.9. The van der Waals surface area contributed by atoms with Gasteiger partial charge >= 0.3 is 5.97 Å². The minimum absolute atomic E-state index is 0.0651. The third-order valence-corrected chi connectivity index (χ3v) is 8.69. The van der Waals surface area contributed by atoms with Crippen LogP contribution in [-0.2, 0) is 28.7 Å². The lowest BCUT2D eigenvalue weighted by Gasteiger charge is -2.33. The van der Waals surface area contributed by atoms with Gasteiger partial charge in [-0.05, 0) is 48.4 Å². The smallest absolute Gasteiger partial charge is 0.330 e. The fraction of sp³-hybridized carbons (Fsp3) is 0.400. The lowest BCUT2D eigenvalue weighted by molar-refractivity contribution is -0.155. The maximum absolute atomic E-state index is 12.9. The highest BCUT2D eigenvalue weighted by molar-refractivity contribution is 9.10. The van der Waals surface area contributed by atoms with E-state index in [1.807, 2.05) is 48.5 Å². The molecule has 5 rings (SSSR count). The van der Waals surface area contributed by atoms with Crippen molar-refractivity contribution < 1.29 is 23.9 Å². The van der Waals surface area contributed by atoms with Crippen molar-refractivity contribution >= 4 is 56.9 Å². The van der Waals surface area contributed by atoms with Crippen molar-refractivity contribution in [3.05, 3.63) is 58.6 Å². The van der Waals surface area contributed by atoms with Gasteiger partial charge in [-0.15, -0.1) is 11.8 Å². The molecule has 0 aromatic heterocycles. The molecule has 0 unspecified atom stereocenters. The number of thioether (sulfide) groups is 1. The van der Waals surface area contributed by atoms with E-state index >= 15 is 0 Å². The van der Waals surface area contributed by atoms with Gasteiger partial charge in [0.15, 0.2) is 6.61 Å². The van der Waals surface area contributed by atoms with Crippen molar-refractivity contribution in [2.24, 2.45) is 0 Å². The monoisotopic (exact) mass is 559 g/mol. The molecule has 0 bridgehead atoms. The molecule has 35 heavy (non-hydrogen) atoms. The number of hydrogen-bond donors (Lipinski definition) is 1. The normalized spacial score (nSPS) is 23.8. The van der Waals surface area contributed by atoms with Gasteiger partial charge in [-0.2, -0.15) is 0 Å². The number of fused-ring (bicyclic) bond motifs is 1. The highest BCUT2D eigenvalue weighted by Crippen LogP contribution is 2.54. The molecule has 1 N–H and O–H groups in total. The van der Waals surface area contributed by atoms with Gasteiger partial charge in [0.25, 0.3) is 5.91 Å². The molecule has 3 aliphatic heterocycles. The average molecular weight is 560 g/mol. The Morgan fingerprint density at radius 2 is 1.83 bits per heavy atom. The van der Waals surface area contributed by atoms with Crippen molar-refractivity contribution in [2.45, 2.75) is 23.8 Å². The third kappa shape index (κ3) is 4.92. The minimum atomic E-state index is -0.709. The Bertz CT molecular complexity index is 1110. The SMILES string of the molecule is O=C(COC(=O)[C@H]1CS[C@]2(c3ccc(Br)cc3)CCC(=O)N12)Nc1ccc(N2CCOCC2)cc1. The fourth-order valence-electron chi connectivity index (χ4n) is 4.83. The quantitative estimate of drug-likeness (QED) is 0.543. The van der Waals surface area contributed by atoms with Gasteiger partial charge in [0.2, 0.25) is 5.91 Å². The van der Waals surface area contributed by atoms with Gasteiger partial charge in [-0.25, -0.2) is 4.79 Å². The van der Waals surface area contributed by atoms with Gasteiger partial charge in [0.05, 0.1) is 13.2 Å². The van der Waals surface area contributed by atoms with Crippen LogP contribution in [0.15, 0.2) is 53.0 Å². The summed E-state index contributed by atoms with van der Waals surface area (Å²) in [7, 11) is 0. The zero-order valence-electron chi connectivity index (χ0n) is 19.1. The molecule has 3 aliphatic rings. The van der Waals surface area contributed by atoms with Gasteiger partial charge in [0, 0.05) is 41.1 Å². The molecule has 3 saturated heterocycles. The first-order valence-electron chi connectivity index (χ1n) is 11.6. The maximum atomic E-state index is 12.9. The maximum Gasteiger partial charge on any atom is 0.330 e. The summed E-state index contributed by atoms with van der Waals surface area (Å²) in [5.41, 5.74) is 2.69. The number of morpholine rings is 1. The van der Waals surface area contributed by atoms with Crippen LogP contribution < -0.4 is 10.2 Å². The third-order valence-electron chi connectivity index (χ3n) is 6.57. The highest BCUT2D eigenvalue weighted by Gasteiger charge is 2.57. The molecule has 3 fully saturated rings. The number of anilines is 2. The summed E-state index contributed by atoms with van der Waals surface area (Å²) in [4.78, 5) is 41.4. The topological polar surface area (TPSA) is 88.2 Å². The predicted molar refractivity (Wildman–Crippen MR) is 137 cm³/mol. The summed E-state index contributed by atoms with van der Waals surface area (Å²) in [6, 6.07) is 14.7. The molecule has 2 aromatic rings. The molecule has 0 aliphatic carbocycles. The Morgan fingerprint density at radius 1 is 1.11 bits per heavy atom. The summed E-state index contributed by atoms with van der Waals surface area (Å²) in [6.07, 6.45) is 1.02. The number of nitrogens with one attached hydrogen (secondary N) is 1. The first kappa shape index (κ1) is 24.1. The van der Waals surface area contributed by atoms with Crippen LogP contribution in [0.2, 0.25) is 0 Å². The van der Waals surface area contributed by atoms with E-state index in [1.54, 1.807) is 16.7 Å².